The maximum absolute atomic E-state index is 10.8. The second kappa shape index (κ2) is 4.16. The zero-order valence-electron chi connectivity index (χ0n) is 7.41. The maximum Gasteiger partial charge on any atom is 0.213 e. The molecule has 0 saturated carbocycles. The van der Waals surface area contributed by atoms with Crippen LogP contribution in [0.3, 0.4) is 0 Å². The van der Waals surface area contributed by atoms with Crippen LogP contribution >= 0.6 is 27.5 Å². The number of benzene rings is 1. The maximum atomic E-state index is 10.8. The summed E-state index contributed by atoms with van der Waals surface area (Å²) in [5.74, 6) is 0. The molecule has 0 N–H and O–H groups in total. The summed E-state index contributed by atoms with van der Waals surface area (Å²) in [7, 11) is 0. The lowest BCUT2D eigenvalue weighted by Gasteiger charge is -1.96. The molecular formula is C10H5BrClNO2. The number of aldehydes is 1. The smallest absolute Gasteiger partial charge is 0.213 e. The number of halogens is 2. The molecule has 0 bridgehead atoms. The van der Waals surface area contributed by atoms with Crippen LogP contribution in [0.5, 0.6) is 0 Å². The topological polar surface area (TPSA) is 43.1 Å². The molecule has 2 aromatic rings. The second-order valence-electron chi connectivity index (χ2n) is 2.85. The van der Waals surface area contributed by atoms with E-state index in [0.717, 1.165) is 5.56 Å². The molecule has 1 aromatic carbocycles. The first-order valence-corrected chi connectivity index (χ1v) is 5.25. The summed E-state index contributed by atoms with van der Waals surface area (Å²) in [5.41, 5.74) is 1.62. The minimum absolute atomic E-state index is 0.326. The van der Waals surface area contributed by atoms with Crippen molar-refractivity contribution >= 4 is 33.8 Å². The van der Waals surface area contributed by atoms with Gasteiger partial charge in [0.15, 0.2) is 6.29 Å². The van der Waals surface area contributed by atoms with Gasteiger partial charge in [0.1, 0.15) is 5.69 Å². The van der Waals surface area contributed by atoms with E-state index in [1.54, 1.807) is 18.2 Å². The van der Waals surface area contributed by atoms with Gasteiger partial charge in [-0.25, -0.2) is 0 Å². The van der Waals surface area contributed by atoms with E-state index in [0.29, 0.717) is 27.2 Å². The normalized spacial score (nSPS) is 10.3. The van der Waals surface area contributed by atoms with Crippen LogP contribution in [0.4, 0.5) is 0 Å². The van der Waals surface area contributed by atoms with Gasteiger partial charge in [0.2, 0.25) is 4.67 Å². The Labute approximate surface area is 99.2 Å². The van der Waals surface area contributed by atoms with E-state index in [4.69, 9.17) is 16.1 Å². The number of aromatic nitrogens is 1. The summed E-state index contributed by atoms with van der Waals surface area (Å²) in [6.07, 6.45) is 0.691. The minimum atomic E-state index is 0.326. The molecule has 0 aliphatic rings. The minimum Gasteiger partial charge on any atom is -0.348 e. The molecule has 1 aromatic heterocycles. The molecule has 0 unspecified atom stereocenters. The van der Waals surface area contributed by atoms with Gasteiger partial charge < -0.3 is 4.52 Å². The molecular weight excluding hydrogens is 281 g/mol. The van der Waals surface area contributed by atoms with Crippen molar-refractivity contribution in [3.8, 4) is 11.3 Å². The standard InChI is InChI=1S/C10H5BrClNO2/c11-10-8(5-14)9(13-15-10)6-2-1-3-7(12)4-6/h1-5H. The van der Waals surface area contributed by atoms with Crippen molar-refractivity contribution in [3.63, 3.8) is 0 Å². The highest BCUT2D eigenvalue weighted by Gasteiger charge is 2.14. The van der Waals surface area contributed by atoms with E-state index in [9.17, 15) is 4.79 Å². The molecule has 0 radical (unpaired) electrons. The molecule has 15 heavy (non-hydrogen) atoms. The third-order valence-electron chi connectivity index (χ3n) is 1.90. The molecule has 2 rings (SSSR count). The summed E-state index contributed by atoms with van der Waals surface area (Å²) in [5, 5.41) is 4.37. The summed E-state index contributed by atoms with van der Waals surface area (Å²) in [6, 6.07) is 7.07. The number of carbonyl (C=O) groups is 1. The van der Waals surface area contributed by atoms with Crippen LogP contribution in [0.2, 0.25) is 5.02 Å². The zero-order chi connectivity index (χ0) is 10.8. The van der Waals surface area contributed by atoms with Crippen molar-refractivity contribution in [1.82, 2.24) is 5.16 Å². The van der Waals surface area contributed by atoms with Crippen molar-refractivity contribution in [1.29, 1.82) is 0 Å². The predicted octanol–water partition coefficient (Wildman–Crippen LogP) is 3.57. The Morgan fingerprint density at radius 3 is 2.93 bits per heavy atom. The van der Waals surface area contributed by atoms with E-state index in [1.165, 1.54) is 0 Å². The van der Waals surface area contributed by atoms with Crippen LogP contribution in [0.25, 0.3) is 11.3 Å². The van der Waals surface area contributed by atoms with Crippen LogP contribution < -0.4 is 0 Å². The molecule has 0 aliphatic carbocycles. The van der Waals surface area contributed by atoms with Crippen LogP contribution in [0, 0.1) is 0 Å². The fourth-order valence-electron chi connectivity index (χ4n) is 1.22. The average Bonchev–Trinajstić information content (AvgIpc) is 2.59. The predicted molar refractivity (Wildman–Crippen MR) is 60.0 cm³/mol. The van der Waals surface area contributed by atoms with Gasteiger partial charge >= 0.3 is 0 Å². The molecule has 5 heteroatoms. The second-order valence-corrected chi connectivity index (χ2v) is 4.00. The van der Waals surface area contributed by atoms with Crippen LogP contribution in [0.15, 0.2) is 33.5 Å². The van der Waals surface area contributed by atoms with Gasteiger partial charge in [0.05, 0.1) is 5.56 Å². The van der Waals surface area contributed by atoms with E-state index in [-0.39, 0.29) is 0 Å². The van der Waals surface area contributed by atoms with Crippen molar-refractivity contribution in [2.24, 2.45) is 0 Å². The van der Waals surface area contributed by atoms with E-state index in [2.05, 4.69) is 21.1 Å². The first kappa shape index (κ1) is 10.4. The number of nitrogens with zero attached hydrogens (tertiary/aromatic N) is 1. The third-order valence-corrected chi connectivity index (χ3v) is 2.71. The number of hydrogen-bond donors (Lipinski definition) is 0. The van der Waals surface area contributed by atoms with E-state index in [1.807, 2.05) is 6.07 Å². The van der Waals surface area contributed by atoms with Crippen LogP contribution in [-0.2, 0) is 0 Å². The largest absolute Gasteiger partial charge is 0.348 e. The van der Waals surface area contributed by atoms with Gasteiger partial charge in [0, 0.05) is 10.6 Å². The zero-order valence-corrected chi connectivity index (χ0v) is 9.75. The first-order valence-electron chi connectivity index (χ1n) is 4.08. The highest BCUT2D eigenvalue weighted by atomic mass is 79.9. The van der Waals surface area contributed by atoms with Gasteiger partial charge in [0.25, 0.3) is 0 Å². The van der Waals surface area contributed by atoms with Gasteiger partial charge in [-0.15, -0.1) is 0 Å². The van der Waals surface area contributed by atoms with Crippen LogP contribution in [0.1, 0.15) is 10.4 Å². The van der Waals surface area contributed by atoms with Crippen molar-refractivity contribution in [3.05, 3.63) is 39.5 Å². The monoisotopic (exact) mass is 285 g/mol. The summed E-state index contributed by atoms with van der Waals surface area (Å²) >= 11 is 8.94. The fourth-order valence-corrected chi connectivity index (χ4v) is 1.77. The molecule has 1 heterocycles. The molecule has 0 amide bonds. The number of rotatable bonds is 2. The quantitative estimate of drug-likeness (QED) is 0.793. The molecule has 0 atom stereocenters. The van der Waals surface area contributed by atoms with Crippen molar-refractivity contribution < 1.29 is 9.32 Å². The molecule has 0 saturated heterocycles. The van der Waals surface area contributed by atoms with Gasteiger partial charge in [-0.3, -0.25) is 4.79 Å². The average molecular weight is 287 g/mol. The lowest BCUT2D eigenvalue weighted by Crippen LogP contribution is -1.84. The summed E-state index contributed by atoms with van der Waals surface area (Å²) < 4.78 is 5.20. The molecule has 3 nitrogen and oxygen atoms in total. The van der Waals surface area contributed by atoms with Gasteiger partial charge in [-0.05, 0) is 28.1 Å². The number of hydrogen-bond acceptors (Lipinski definition) is 3. The van der Waals surface area contributed by atoms with Crippen molar-refractivity contribution in [2.75, 3.05) is 0 Å². The van der Waals surface area contributed by atoms with Crippen molar-refractivity contribution in [2.45, 2.75) is 0 Å². The molecule has 0 fully saturated rings. The lowest BCUT2D eigenvalue weighted by molar-refractivity contribution is 0.112. The third kappa shape index (κ3) is 1.96. The highest BCUT2D eigenvalue weighted by Crippen LogP contribution is 2.28. The van der Waals surface area contributed by atoms with Gasteiger partial charge in [-0.1, -0.05) is 28.9 Å². The molecule has 0 aliphatic heterocycles. The highest BCUT2D eigenvalue weighted by molar-refractivity contribution is 9.10. The molecule has 0 spiro atoms. The Hall–Kier alpha value is -1.13. The van der Waals surface area contributed by atoms with E-state index >= 15 is 0 Å². The number of carbonyl (C=O) groups excluding carboxylic acids is 1. The Morgan fingerprint density at radius 1 is 1.47 bits per heavy atom. The molecule has 76 valence electrons. The summed E-state index contributed by atoms with van der Waals surface area (Å²) in [4.78, 5) is 10.8. The SMILES string of the molecule is O=Cc1c(-c2cccc(Cl)c2)noc1Br. The Balaban J connectivity index is 2.58. The Bertz CT molecular complexity index is 510. The lowest BCUT2D eigenvalue weighted by atomic mass is 10.1. The Morgan fingerprint density at radius 2 is 2.27 bits per heavy atom. The fraction of sp³-hybridized carbons (Fsp3) is 0. The first-order chi connectivity index (χ1) is 7.22. The Kier molecular flexibility index (Phi) is 2.88. The van der Waals surface area contributed by atoms with E-state index < -0.39 is 0 Å². The van der Waals surface area contributed by atoms with Crippen LogP contribution in [-0.4, -0.2) is 11.4 Å². The summed E-state index contributed by atoms with van der Waals surface area (Å²) in [6.45, 7) is 0. The van der Waals surface area contributed by atoms with Gasteiger partial charge in [-0.2, -0.15) is 0 Å².